The second-order valence-electron chi connectivity index (χ2n) is 4.49. The van der Waals surface area contributed by atoms with Crippen molar-refractivity contribution in [1.29, 1.82) is 0 Å². The van der Waals surface area contributed by atoms with Crippen molar-refractivity contribution < 1.29 is 9.53 Å². The molecule has 0 amide bonds. The molecule has 18 heavy (non-hydrogen) atoms. The van der Waals surface area contributed by atoms with E-state index in [-0.39, 0.29) is 18.0 Å². The van der Waals surface area contributed by atoms with E-state index in [0.29, 0.717) is 12.2 Å². The molecule has 2 heterocycles. The minimum atomic E-state index is -0.373. The first-order valence-corrected chi connectivity index (χ1v) is 7.07. The van der Waals surface area contributed by atoms with Crippen molar-refractivity contribution in [2.45, 2.75) is 44.9 Å². The van der Waals surface area contributed by atoms with Gasteiger partial charge in [0.1, 0.15) is 11.8 Å². The molecule has 0 spiro atoms. The third-order valence-electron chi connectivity index (χ3n) is 3.13. The standard InChI is InChI=1S/C12H18BrN3O2/c1-2-5-16-11(9(13)7-15-16)12(17)10-4-3-8(6-14)18-10/h7-8,10H,2-6,14H2,1H3. The summed E-state index contributed by atoms with van der Waals surface area (Å²) < 4.78 is 8.13. The number of nitrogens with two attached hydrogens (primary N) is 1. The van der Waals surface area contributed by atoms with Crippen molar-refractivity contribution in [3.8, 4) is 0 Å². The Morgan fingerprint density at radius 2 is 2.44 bits per heavy atom. The number of ether oxygens (including phenoxy) is 1. The lowest BCUT2D eigenvalue weighted by molar-refractivity contribution is 0.0395. The van der Waals surface area contributed by atoms with E-state index in [2.05, 4.69) is 28.0 Å². The van der Waals surface area contributed by atoms with Crippen molar-refractivity contribution in [3.05, 3.63) is 16.4 Å². The number of Topliss-reactive ketones (excluding diaryl/α,β-unsaturated/α-hetero) is 1. The molecule has 1 fully saturated rings. The lowest BCUT2D eigenvalue weighted by Gasteiger charge is -2.13. The van der Waals surface area contributed by atoms with Crippen LogP contribution in [0.3, 0.4) is 0 Å². The molecule has 0 bridgehead atoms. The Bertz CT molecular complexity index is 433. The van der Waals surface area contributed by atoms with Crippen LogP contribution in [-0.2, 0) is 11.3 Å². The quantitative estimate of drug-likeness (QED) is 0.840. The SMILES string of the molecule is CCCn1ncc(Br)c1C(=O)C1CCC(CN)O1. The Labute approximate surface area is 115 Å². The van der Waals surface area contributed by atoms with Gasteiger partial charge < -0.3 is 10.5 Å². The van der Waals surface area contributed by atoms with Crippen LogP contribution in [-0.4, -0.2) is 34.3 Å². The second kappa shape index (κ2) is 5.95. The highest BCUT2D eigenvalue weighted by Gasteiger charge is 2.33. The Kier molecular flexibility index (Phi) is 4.53. The number of carbonyl (C=O) groups is 1. The molecule has 0 aliphatic carbocycles. The molecule has 1 aliphatic heterocycles. The topological polar surface area (TPSA) is 70.1 Å². The molecule has 100 valence electrons. The highest BCUT2D eigenvalue weighted by Crippen LogP contribution is 2.25. The van der Waals surface area contributed by atoms with Gasteiger partial charge in [-0.1, -0.05) is 6.92 Å². The number of nitrogens with zero attached hydrogens (tertiary/aromatic N) is 2. The summed E-state index contributed by atoms with van der Waals surface area (Å²) in [4.78, 5) is 12.4. The minimum absolute atomic E-state index is 0.00350. The third-order valence-corrected chi connectivity index (χ3v) is 3.71. The summed E-state index contributed by atoms with van der Waals surface area (Å²) in [6.07, 6.45) is 3.84. The zero-order valence-electron chi connectivity index (χ0n) is 10.4. The highest BCUT2D eigenvalue weighted by molar-refractivity contribution is 9.10. The summed E-state index contributed by atoms with van der Waals surface area (Å²) in [6, 6.07) is 0. The van der Waals surface area contributed by atoms with Gasteiger partial charge in [-0.2, -0.15) is 5.10 Å². The van der Waals surface area contributed by atoms with Crippen molar-refractivity contribution >= 4 is 21.7 Å². The molecular weight excluding hydrogens is 298 g/mol. The molecular formula is C12H18BrN3O2. The summed E-state index contributed by atoms with van der Waals surface area (Å²) in [6.45, 7) is 3.26. The van der Waals surface area contributed by atoms with Crippen molar-refractivity contribution in [2.75, 3.05) is 6.54 Å². The van der Waals surface area contributed by atoms with Gasteiger partial charge in [-0.25, -0.2) is 0 Å². The predicted octanol–water partition coefficient (Wildman–Crippen LogP) is 1.74. The number of ketones is 1. The normalized spacial score (nSPS) is 23.5. The minimum Gasteiger partial charge on any atom is -0.365 e. The fraction of sp³-hybridized carbons (Fsp3) is 0.667. The van der Waals surface area contributed by atoms with Crippen LogP contribution in [0.5, 0.6) is 0 Å². The van der Waals surface area contributed by atoms with Crippen LogP contribution in [0.25, 0.3) is 0 Å². The maximum Gasteiger partial charge on any atom is 0.210 e. The zero-order valence-corrected chi connectivity index (χ0v) is 12.0. The Morgan fingerprint density at radius 3 is 3.06 bits per heavy atom. The number of carbonyl (C=O) groups excluding carboxylic acids is 1. The van der Waals surface area contributed by atoms with E-state index in [1.165, 1.54) is 0 Å². The first-order chi connectivity index (χ1) is 8.67. The van der Waals surface area contributed by atoms with Crippen LogP contribution in [0.1, 0.15) is 36.7 Å². The van der Waals surface area contributed by atoms with E-state index in [1.807, 2.05) is 0 Å². The molecule has 1 aliphatic rings. The van der Waals surface area contributed by atoms with Gasteiger partial charge in [-0.3, -0.25) is 9.48 Å². The van der Waals surface area contributed by atoms with Gasteiger partial charge in [-0.15, -0.1) is 0 Å². The number of hydrogen-bond acceptors (Lipinski definition) is 4. The van der Waals surface area contributed by atoms with Gasteiger partial charge in [-0.05, 0) is 35.2 Å². The molecule has 2 atom stereocenters. The highest BCUT2D eigenvalue weighted by atomic mass is 79.9. The van der Waals surface area contributed by atoms with Crippen molar-refractivity contribution in [1.82, 2.24) is 9.78 Å². The molecule has 2 unspecified atom stereocenters. The molecule has 1 aromatic heterocycles. The lowest BCUT2D eigenvalue weighted by atomic mass is 10.1. The Morgan fingerprint density at radius 1 is 1.67 bits per heavy atom. The van der Waals surface area contributed by atoms with E-state index < -0.39 is 0 Å². The maximum atomic E-state index is 12.4. The first kappa shape index (κ1) is 13.7. The molecule has 5 nitrogen and oxygen atoms in total. The summed E-state index contributed by atoms with van der Waals surface area (Å²) in [5.41, 5.74) is 6.17. The van der Waals surface area contributed by atoms with Gasteiger partial charge in [0.2, 0.25) is 5.78 Å². The molecule has 1 aromatic rings. The van der Waals surface area contributed by atoms with Crippen molar-refractivity contribution in [2.24, 2.45) is 5.73 Å². The van der Waals surface area contributed by atoms with Gasteiger partial charge in [0.05, 0.1) is 16.8 Å². The smallest absolute Gasteiger partial charge is 0.210 e. The molecule has 0 aromatic carbocycles. The van der Waals surface area contributed by atoms with Gasteiger partial charge in [0.15, 0.2) is 0 Å². The average Bonchev–Trinajstić information content (AvgIpc) is 2.96. The summed E-state index contributed by atoms with van der Waals surface area (Å²) in [5.74, 6) is 0.00350. The maximum absolute atomic E-state index is 12.4. The number of aromatic nitrogens is 2. The average molecular weight is 316 g/mol. The summed E-state index contributed by atoms with van der Waals surface area (Å²) >= 11 is 3.38. The van der Waals surface area contributed by atoms with E-state index in [9.17, 15) is 4.79 Å². The molecule has 0 radical (unpaired) electrons. The van der Waals surface area contributed by atoms with E-state index >= 15 is 0 Å². The number of rotatable bonds is 5. The largest absolute Gasteiger partial charge is 0.365 e. The first-order valence-electron chi connectivity index (χ1n) is 6.28. The lowest BCUT2D eigenvalue weighted by Crippen LogP contribution is -2.27. The van der Waals surface area contributed by atoms with E-state index in [4.69, 9.17) is 10.5 Å². The molecule has 0 saturated carbocycles. The fourth-order valence-corrected chi connectivity index (χ4v) is 2.70. The molecule has 6 heteroatoms. The zero-order chi connectivity index (χ0) is 13.1. The van der Waals surface area contributed by atoms with Crippen LogP contribution in [0.2, 0.25) is 0 Å². The van der Waals surface area contributed by atoms with Crippen LogP contribution in [0.15, 0.2) is 10.7 Å². The number of aryl methyl sites for hydroxylation is 1. The van der Waals surface area contributed by atoms with Crippen LogP contribution >= 0.6 is 15.9 Å². The van der Waals surface area contributed by atoms with Crippen LogP contribution in [0, 0.1) is 0 Å². The Hall–Kier alpha value is -0.720. The summed E-state index contributed by atoms with van der Waals surface area (Å²) in [7, 11) is 0. The molecule has 2 rings (SSSR count). The van der Waals surface area contributed by atoms with Crippen LogP contribution < -0.4 is 5.73 Å². The predicted molar refractivity (Wildman–Crippen MR) is 71.5 cm³/mol. The second-order valence-corrected chi connectivity index (χ2v) is 5.34. The molecule has 2 N–H and O–H groups in total. The van der Waals surface area contributed by atoms with Gasteiger partial charge in [0.25, 0.3) is 0 Å². The summed E-state index contributed by atoms with van der Waals surface area (Å²) in [5, 5.41) is 4.21. The fourth-order valence-electron chi connectivity index (χ4n) is 2.21. The van der Waals surface area contributed by atoms with E-state index in [1.54, 1.807) is 10.9 Å². The Balaban J connectivity index is 2.16. The van der Waals surface area contributed by atoms with E-state index in [0.717, 1.165) is 30.3 Å². The molecule has 1 saturated heterocycles. The van der Waals surface area contributed by atoms with Gasteiger partial charge in [0, 0.05) is 13.1 Å². The third kappa shape index (κ3) is 2.65. The van der Waals surface area contributed by atoms with Crippen molar-refractivity contribution in [3.63, 3.8) is 0 Å². The van der Waals surface area contributed by atoms with Gasteiger partial charge >= 0.3 is 0 Å². The number of hydrogen-bond donors (Lipinski definition) is 1. The number of halogens is 1. The van der Waals surface area contributed by atoms with Crippen LogP contribution in [0.4, 0.5) is 0 Å². The monoisotopic (exact) mass is 315 g/mol.